The van der Waals surface area contributed by atoms with Crippen molar-refractivity contribution >= 4 is 29.2 Å². The lowest BCUT2D eigenvalue weighted by molar-refractivity contribution is -0.148. The van der Waals surface area contributed by atoms with Gasteiger partial charge in [0.25, 0.3) is 5.91 Å². The molecule has 0 heterocycles. The number of halogens is 2. The van der Waals surface area contributed by atoms with Gasteiger partial charge < -0.3 is 10.1 Å². The monoisotopic (exact) mass is 285 g/mol. The second-order valence-electron chi connectivity index (χ2n) is 4.60. The lowest BCUT2D eigenvalue weighted by atomic mass is 10.3. The number of esters is 1. The number of nitrogens with one attached hydrogen (secondary N) is 1. The average molecular weight is 286 g/mol. The lowest BCUT2D eigenvalue weighted by Gasteiger charge is -2.07. The topological polar surface area (TPSA) is 55.4 Å². The van der Waals surface area contributed by atoms with Crippen LogP contribution in [0.1, 0.15) is 13.3 Å². The Balaban J connectivity index is 1.82. The van der Waals surface area contributed by atoms with Crippen LogP contribution in [0, 0.1) is 17.7 Å². The van der Waals surface area contributed by atoms with Gasteiger partial charge in [-0.2, -0.15) is 0 Å². The van der Waals surface area contributed by atoms with Gasteiger partial charge in [0.1, 0.15) is 5.82 Å². The standard InChI is InChI=1S/C13H13ClFNO3/c1-7-4-9(7)13(18)19-6-12(17)16-11-3-2-8(15)5-10(11)14/h2-3,5,7,9H,4,6H2,1H3,(H,16,17)/t7-,9-/m1/s1. The average Bonchev–Trinajstić information content (AvgIpc) is 3.07. The van der Waals surface area contributed by atoms with Crippen molar-refractivity contribution in [2.24, 2.45) is 11.8 Å². The summed E-state index contributed by atoms with van der Waals surface area (Å²) in [5.74, 6) is -1.09. The Morgan fingerprint density at radius 3 is 2.79 bits per heavy atom. The van der Waals surface area contributed by atoms with Crippen LogP contribution in [0.25, 0.3) is 0 Å². The third-order valence-electron chi connectivity index (χ3n) is 2.96. The van der Waals surface area contributed by atoms with Crippen LogP contribution in [-0.4, -0.2) is 18.5 Å². The molecule has 19 heavy (non-hydrogen) atoms. The smallest absolute Gasteiger partial charge is 0.309 e. The van der Waals surface area contributed by atoms with Gasteiger partial charge in [-0.05, 0) is 30.5 Å². The molecule has 1 fully saturated rings. The molecule has 6 heteroatoms. The fraction of sp³-hybridized carbons (Fsp3) is 0.385. The number of anilines is 1. The van der Waals surface area contributed by atoms with Gasteiger partial charge in [0.15, 0.2) is 6.61 Å². The number of carbonyl (C=O) groups is 2. The van der Waals surface area contributed by atoms with Gasteiger partial charge in [0, 0.05) is 0 Å². The van der Waals surface area contributed by atoms with Gasteiger partial charge in [-0.3, -0.25) is 9.59 Å². The molecular weight excluding hydrogens is 273 g/mol. The SMILES string of the molecule is C[C@@H]1C[C@H]1C(=O)OCC(=O)Nc1ccc(F)cc1Cl. The summed E-state index contributed by atoms with van der Waals surface area (Å²) in [6.07, 6.45) is 0.810. The second kappa shape index (κ2) is 5.57. The quantitative estimate of drug-likeness (QED) is 0.865. The number of hydrogen-bond acceptors (Lipinski definition) is 3. The first-order valence-corrected chi connectivity index (χ1v) is 6.26. The van der Waals surface area contributed by atoms with Crippen LogP contribution in [0.2, 0.25) is 5.02 Å². The largest absolute Gasteiger partial charge is 0.455 e. The maximum absolute atomic E-state index is 12.8. The van der Waals surface area contributed by atoms with Crippen molar-refractivity contribution in [3.05, 3.63) is 29.0 Å². The highest BCUT2D eigenvalue weighted by molar-refractivity contribution is 6.33. The molecule has 0 bridgehead atoms. The molecule has 1 N–H and O–H groups in total. The van der Waals surface area contributed by atoms with E-state index in [4.69, 9.17) is 16.3 Å². The normalized spacial score (nSPS) is 20.8. The Labute approximate surface area is 114 Å². The summed E-state index contributed by atoms with van der Waals surface area (Å²) in [5.41, 5.74) is 0.281. The lowest BCUT2D eigenvalue weighted by Crippen LogP contribution is -2.21. The maximum atomic E-state index is 12.8. The van der Waals surface area contributed by atoms with E-state index >= 15 is 0 Å². The predicted molar refractivity (Wildman–Crippen MR) is 68.3 cm³/mol. The molecule has 0 aliphatic heterocycles. The molecule has 1 aromatic carbocycles. The summed E-state index contributed by atoms with van der Waals surface area (Å²) in [6, 6.07) is 3.62. The third kappa shape index (κ3) is 3.67. The van der Waals surface area contributed by atoms with E-state index in [1.165, 1.54) is 12.1 Å². The summed E-state index contributed by atoms with van der Waals surface area (Å²) >= 11 is 5.75. The Bertz CT molecular complexity index is 521. The minimum atomic E-state index is -0.504. The zero-order valence-electron chi connectivity index (χ0n) is 10.3. The van der Waals surface area contributed by atoms with Gasteiger partial charge in [0.05, 0.1) is 16.6 Å². The Kier molecular flexibility index (Phi) is 4.04. The van der Waals surface area contributed by atoms with Crippen molar-refractivity contribution in [2.75, 3.05) is 11.9 Å². The fourth-order valence-corrected chi connectivity index (χ4v) is 1.89. The molecule has 4 nitrogen and oxygen atoms in total. The molecular formula is C13H13ClFNO3. The summed E-state index contributed by atoms with van der Waals surface area (Å²) in [5, 5.41) is 2.54. The van der Waals surface area contributed by atoms with Gasteiger partial charge in [-0.1, -0.05) is 18.5 Å². The van der Waals surface area contributed by atoms with E-state index in [0.29, 0.717) is 5.92 Å². The molecule has 2 atom stereocenters. The van der Waals surface area contributed by atoms with Crippen LogP contribution in [0.5, 0.6) is 0 Å². The van der Waals surface area contributed by atoms with E-state index in [0.717, 1.165) is 12.5 Å². The second-order valence-corrected chi connectivity index (χ2v) is 5.01. The van der Waals surface area contributed by atoms with Crippen LogP contribution in [0.15, 0.2) is 18.2 Å². The summed E-state index contributed by atoms with van der Waals surface area (Å²) < 4.78 is 17.7. The molecule has 1 aliphatic rings. The molecule has 0 saturated heterocycles. The van der Waals surface area contributed by atoms with Gasteiger partial charge in [0.2, 0.25) is 0 Å². The Hall–Kier alpha value is -1.62. The van der Waals surface area contributed by atoms with Crippen molar-refractivity contribution in [3.8, 4) is 0 Å². The molecule has 0 unspecified atom stereocenters. The predicted octanol–water partition coefficient (Wildman–Crippen LogP) is 2.62. The molecule has 0 aromatic heterocycles. The molecule has 0 spiro atoms. The number of hydrogen-bond donors (Lipinski definition) is 1. The molecule has 1 amide bonds. The zero-order chi connectivity index (χ0) is 14.0. The highest BCUT2D eigenvalue weighted by atomic mass is 35.5. The van der Waals surface area contributed by atoms with E-state index < -0.39 is 11.7 Å². The summed E-state index contributed by atoms with van der Waals surface area (Å²) in [6.45, 7) is 1.58. The van der Waals surface area contributed by atoms with Crippen molar-refractivity contribution < 1.29 is 18.7 Å². The maximum Gasteiger partial charge on any atom is 0.309 e. The van der Waals surface area contributed by atoms with Crippen molar-refractivity contribution in [3.63, 3.8) is 0 Å². The first-order chi connectivity index (χ1) is 8.97. The molecule has 1 aliphatic carbocycles. The number of ether oxygens (including phenoxy) is 1. The van der Waals surface area contributed by atoms with Crippen molar-refractivity contribution in [2.45, 2.75) is 13.3 Å². The van der Waals surface area contributed by atoms with Crippen LogP contribution < -0.4 is 5.32 Å². The van der Waals surface area contributed by atoms with Crippen molar-refractivity contribution in [1.82, 2.24) is 0 Å². The number of benzene rings is 1. The fourth-order valence-electron chi connectivity index (χ4n) is 1.67. The molecule has 102 valence electrons. The van der Waals surface area contributed by atoms with E-state index in [9.17, 15) is 14.0 Å². The number of amides is 1. The highest BCUT2D eigenvalue weighted by Crippen LogP contribution is 2.38. The van der Waals surface area contributed by atoms with E-state index in [1.807, 2.05) is 6.92 Å². The van der Waals surface area contributed by atoms with Gasteiger partial charge >= 0.3 is 5.97 Å². The molecule has 2 rings (SSSR count). The first-order valence-electron chi connectivity index (χ1n) is 5.89. The van der Waals surface area contributed by atoms with Crippen LogP contribution >= 0.6 is 11.6 Å². The van der Waals surface area contributed by atoms with Crippen LogP contribution in [-0.2, 0) is 14.3 Å². The Morgan fingerprint density at radius 2 is 2.21 bits per heavy atom. The van der Waals surface area contributed by atoms with Crippen LogP contribution in [0.4, 0.5) is 10.1 Å². The van der Waals surface area contributed by atoms with E-state index in [2.05, 4.69) is 5.32 Å². The van der Waals surface area contributed by atoms with E-state index in [-0.39, 0.29) is 29.2 Å². The minimum Gasteiger partial charge on any atom is -0.455 e. The van der Waals surface area contributed by atoms with E-state index in [1.54, 1.807) is 0 Å². The summed E-state index contributed by atoms with van der Waals surface area (Å²) in [7, 11) is 0. The third-order valence-corrected chi connectivity index (χ3v) is 3.28. The first kappa shape index (κ1) is 13.8. The van der Waals surface area contributed by atoms with Crippen LogP contribution in [0.3, 0.4) is 0 Å². The summed E-state index contributed by atoms with van der Waals surface area (Å²) in [4.78, 5) is 22.9. The Morgan fingerprint density at radius 1 is 1.53 bits per heavy atom. The van der Waals surface area contributed by atoms with Gasteiger partial charge in [-0.25, -0.2) is 4.39 Å². The number of carbonyl (C=O) groups excluding carboxylic acids is 2. The molecule has 1 saturated carbocycles. The molecule has 1 aromatic rings. The van der Waals surface area contributed by atoms with Gasteiger partial charge in [-0.15, -0.1) is 0 Å². The highest BCUT2D eigenvalue weighted by Gasteiger charge is 2.40. The molecule has 0 radical (unpaired) electrons. The van der Waals surface area contributed by atoms with Crippen molar-refractivity contribution in [1.29, 1.82) is 0 Å². The number of rotatable bonds is 4. The minimum absolute atomic E-state index is 0.0813. The zero-order valence-corrected chi connectivity index (χ0v) is 11.0.